The quantitative estimate of drug-likeness (QED) is 0.733. The number of nitrogens with zero attached hydrogens (tertiary/aromatic N) is 2. The summed E-state index contributed by atoms with van der Waals surface area (Å²) in [6.45, 7) is 2.19. The average Bonchev–Trinajstić information content (AvgIpc) is 3.25. The van der Waals surface area contributed by atoms with Gasteiger partial charge in [0.25, 0.3) is 11.8 Å². The molecule has 1 aliphatic heterocycles. The van der Waals surface area contributed by atoms with E-state index in [1.165, 1.54) is 18.2 Å². The predicted octanol–water partition coefficient (Wildman–Crippen LogP) is 3.21. The molecule has 8 heteroatoms. The van der Waals surface area contributed by atoms with Gasteiger partial charge in [0.2, 0.25) is 0 Å². The van der Waals surface area contributed by atoms with E-state index in [0.29, 0.717) is 43.1 Å². The van der Waals surface area contributed by atoms with Gasteiger partial charge in [-0.3, -0.25) is 9.59 Å². The molecule has 3 aromatic rings. The molecule has 1 N–H and O–H groups in total. The minimum absolute atomic E-state index is 0.0454. The van der Waals surface area contributed by atoms with Gasteiger partial charge in [-0.1, -0.05) is 12.1 Å². The van der Waals surface area contributed by atoms with Crippen LogP contribution in [0, 0.1) is 5.82 Å². The molecule has 29 heavy (non-hydrogen) atoms. The summed E-state index contributed by atoms with van der Waals surface area (Å²) in [4.78, 5) is 30.8. The highest BCUT2D eigenvalue weighted by Crippen LogP contribution is 2.24. The van der Waals surface area contributed by atoms with Crippen LogP contribution < -0.4 is 5.32 Å². The largest absolute Gasteiger partial charge is 0.443 e. The van der Waals surface area contributed by atoms with Gasteiger partial charge in [0.05, 0.1) is 13.2 Å². The molecular weight excluding hydrogens is 377 g/mol. The van der Waals surface area contributed by atoms with Gasteiger partial charge in [-0.25, -0.2) is 9.37 Å². The van der Waals surface area contributed by atoms with Crippen LogP contribution in [0.1, 0.15) is 20.8 Å². The summed E-state index contributed by atoms with van der Waals surface area (Å²) >= 11 is 0. The number of rotatable bonds is 4. The zero-order chi connectivity index (χ0) is 20.2. The molecule has 0 unspecified atom stereocenters. The molecule has 0 saturated carbocycles. The first-order valence-electron chi connectivity index (χ1n) is 9.10. The number of carbonyl (C=O) groups is 2. The van der Waals surface area contributed by atoms with Crippen molar-refractivity contribution in [1.82, 2.24) is 9.88 Å². The number of benzene rings is 2. The van der Waals surface area contributed by atoms with E-state index in [1.54, 1.807) is 35.2 Å². The number of oxazole rings is 1. The molecule has 0 radical (unpaired) electrons. The van der Waals surface area contributed by atoms with Gasteiger partial charge >= 0.3 is 0 Å². The number of hydrogen-bond donors (Lipinski definition) is 1. The highest BCUT2D eigenvalue weighted by atomic mass is 19.1. The van der Waals surface area contributed by atoms with Gasteiger partial charge in [-0.2, -0.15) is 0 Å². The Morgan fingerprint density at radius 3 is 2.55 bits per heavy atom. The zero-order valence-electron chi connectivity index (χ0n) is 15.4. The standard InChI is InChI=1S/C21H18FN3O4/c22-16-3-1-2-15(12-16)19-18(23-13-29-19)20(26)24-17-6-4-14(5-7-17)21(27)25-8-10-28-11-9-25/h1-7,12-13H,8-11H2,(H,24,26). The van der Waals surface area contributed by atoms with Crippen molar-refractivity contribution in [3.05, 3.63) is 72.0 Å². The Morgan fingerprint density at radius 2 is 1.83 bits per heavy atom. The van der Waals surface area contributed by atoms with E-state index in [4.69, 9.17) is 9.15 Å². The summed E-state index contributed by atoms with van der Waals surface area (Å²) in [6, 6.07) is 12.3. The summed E-state index contributed by atoms with van der Waals surface area (Å²) in [5, 5.41) is 2.71. The highest BCUT2D eigenvalue weighted by molar-refractivity contribution is 6.06. The second-order valence-electron chi connectivity index (χ2n) is 6.48. The second kappa shape index (κ2) is 8.24. The SMILES string of the molecule is O=C(Nc1ccc(C(=O)N2CCOCC2)cc1)c1ncoc1-c1cccc(F)c1. The molecule has 1 aliphatic rings. The van der Waals surface area contributed by atoms with Crippen molar-refractivity contribution >= 4 is 17.5 Å². The number of hydrogen-bond acceptors (Lipinski definition) is 5. The van der Waals surface area contributed by atoms with E-state index in [2.05, 4.69) is 10.3 Å². The molecule has 1 saturated heterocycles. The van der Waals surface area contributed by atoms with Crippen LogP contribution in [0.4, 0.5) is 10.1 Å². The number of nitrogens with one attached hydrogen (secondary N) is 1. The maximum atomic E-state index is 13.5. The highest BCUT2D eigenvalue weighted by Gasteiger charge is 2.20. The topological polar surface area (TPSA) is 84.7 Å². The molecule has 1 fully saturated rings. The molecule has 7 nitrogen and oxygen atoms in total. The normalized spacial score (nSPS) is 13.9. The summed E-state index contributed by atoms with van der Waals surface area (Å²) in [5.41, 5.74) is 1.50. The molecule has 0 atom stereocenters. The Labute approximate surface area is 166 Å². The van der Waals surface area contributed by atoms with Crippen LogP contribution in [-0.2, 0) is 4.74 Å². The van der Waals surface area contributed by atoms with Gasteiger partial charge in [0, 0.05) is 29.9 Å². The number of anilines is 1. The Hall–Kier alpha value is -3.52. The van der Waals surface area contributed by atoms with Gasteiger partial charge in [-0.15, -0.1) is 0 Å². The smallest absolute Gasteiger partial charge is 0.278 e. The molecule has 0 bridgehead atoms. The summed E-state index contributed by atoms with van der Waals surface area (Å²) < 4.78 is 24.0. The number of morpholine rings is 1. The lowest BCUT2D eigenvalue weighted by Gasteiger charge is -2.26. The van der Waals surface area contributed by atoms with E-state index >= 15 is 0 Å². The molecule has 4 rings (SSSR count). The molecular formula is C21H18FN3O4. The van der Waals surface area contributed by atoms with Gasteiger partial charge in [0.15, 0.2) is 17.8 Å². The van der Waals surface area contributed by atoms with Crippen LogP contribution in [0.15, 0.2) is 59.3 Å². The fourth-order valence-corrected chi connectivity index (χ4v) is 3.08. The first-order chi connectivity index (χ1) is 14.1. The van der Waals surface area contributed by atoms with Crippen LogP contribution >= 0.6 is 0 Å². The lowest BCUT2D eigenvalue weighted by atomic mass is 10.1. The molecule has 1 aromatic heterocycles. The molecule has 148 valence electrons. The van der Waals surface area contributed by atoms with Gasteiger partial charge in [0.1, 0.15) is 5.82 Å². The van der Waals surface area contributed by atoms with Crippen LogP contribution in [0.2, 0.25) is 0 Å². The van der Waals surface area contributed by atoms with Gasteiger partial charge < -0.3 is 19.4 Å². The third-order valence-electron chi connectivity index (χ3n) is 4.56. The molecule has 2 amide bonds. The Balaban J connectivity index is 1.47. The molecule has 0 aliphatic carbocycles. The maximum Gasteiger partial charge on any atom is 0.278 e. The van der Waals surface area contributed by atoms with Gasteiger partial charge in [-0.05, 0) is 36.4 Å². The van der Waals surface area contributed by atoms with Crippen molar-refractivity contribution in [2.45, 2.75) is 0 Å². The number of carbonyl (C=O) groups excluding carboxylic acids is 2. The van der Waals surface area contributed by atoms with Crippen LogP contribution in [0.25, 0.3) is 11.3 Å². The zero-order valence-corrected chi connectivity index (χ0v) is 15.4. The van der Waals surface area contributed by atoms with Crippen molar-refractivity contribution in [1.29, 1.82) is 0 Å². The number of aromatic nitrogens is 1. The van der Waals surface area contributed by atoms with Crippen molar-refractivity contribution in [3.8, 4) is 11.3 Å². The maximum absolute atomic E-state index is 13.5. The minimum Gasteiger partial charge on any atom is -0.443 e. The second-order valence-corrected chi connectivity index (χ2v) is 6.48. The number of halogens is 1. The van der Waals surface area contributed by atoms with Crippen LogP contribution in [-0.4, -0.2) is 48.0 Å². The Kier molecular flexibility index (Phi) is 5.35. The third-order valence-corrected chi connectivity index (χ3v) is 4.56. The molecule has 0 spiro atoms. The van der Waals surface area contributed by atoms with Crippen molar-refractivity contribution in [3.63, 3.8) is 0 Å². The minimum atomic E-state index is -0.495. The third kappa shape index (κ3) is 4.17. The van der Waals surface area contributed by atoms with Crippen molar-refractivity contribution in [2.24, 2.45) is 0 Å². The lowest BCUT2D eigenvalue weighted by molar-refractivity contribution is 0.0303. The first kappa shape index (κ1) is 18.8. The monoisotopic (exact) mass is 395 g/mol. The summed E-state index contributed by atoms with van der Waals surface area (Å²) in [6.07, 6.45) is 1.14. The predicted molar refractivity (Wildman–Crippen MR) is 103 cm³/mol. The van der Waals surface area contributed by atoms with E-state index in [0.717, 1.165) is 6.39 Å². The fraction of sp³-hybridized carbons (Fsp3) is 0.190. The van der Waals surface area contributed by atoms with E-state index in [9.17, 15) is 14.0 Å². The first-order valence-corrected chi connectivity index (χ1v) is 9.10. The van der Waals surface area contributed by atoms with Crippen LogP contribution in [0.5, 0.6) is 0 Å². The van der Waals surface area contributed by atoms with Crippen LogP contribution in [0.3, 0.4) is 0 Å². The van der Waals surface area contributed by atoms with E-state index in [-0.39, 0.29) is 17.4 Å². The Bertz CT molecular complexity index is 1030. The van der Waals surface area contributed by atoms with E-state index < -0.39 is 11.7 Å². The lowest BCUT2D eigenvalue weighted by Crippen LogP contribution is -2.40. The van der Waals surface area contributed by atoms with Crippen molar-refractivity contribution < 1.29 is 23.1 Å². The summed E-state index contributed by atoms with van der Waals surface area (Å²) in [7, 11) is 0. The number of amides is 2. The van der Waals surface area contributed by atoms with Crippen molar-refractivity contribution in [2.75, 3.05) is 31.6 Å². The fourth-order valence-electron chi connectivity index (χ4n) is 3.08. The Morgan fingerprint density at radius 1 is 1.07 bits per heavy atom. The summed E-state index contributed by atoms with van der Waals surface area (Å²) in [5.74, 6) is -0.826. The number of ether oxygens (including phenoxy) is 1. The molecule has 2 heterocycles. The average molecular weight is 395 g/mol. The van der Waals surface area contributed by atoms with E-state index in [1.807, 2.05) is 0 Å². The molecule has 2 aromatic carbocycles.